The minimum Gasteiger partial charge on any atom is -0.479 e. The predicted molar refractivity (Wildman–Crippen MR) is 45.7 cm³/mol. The van der Waals surface area contributed by atoms with Gasteiger partial charge in [0.15, 0.2) is 5.15 Å². The summed E-state index contributed by atoms with van der Waals surface area (Å²) in [7, 11) is 1.47. The standard InChI is InChI=1S/C5H5BrClN3O/c1-11-5-2(6)3(8)4(7)9-10-5/h1H3,(H2,8,10). The second kappa shape index (κ2) is 3.23. The molecule has 60 valence electrons. The molecule has 0 spiro atoms. The Kier molecular flexibility index (Phi) is 2.51. The van der Waals surface area contributed by atoms with Gasteiger partial charge >= 0.3 is 0 Å². The van der Waals surface area contributed by atoms with Gasteiger partial charge in [0.05, 0.1) is 12.8 Å². The minimum absolute atomic E-state index is 0.165. The lowest BCUT2D eigenvalue weighted by Gasteiger charge is -2.03. The van der Waals surface area contributed by atoms with Gasteiger partial charge in [-0.25, -0.2) is 0 Å². The lowest BCUT2D eigenvalue weighted by atomic mass is 10.5. The Balaban J connectivity index is 3.25. The summed E-state index contributed by atoms with van der Waals surface area (Å²) in [4.78, 5) is 0. The summed E-state index contributed by atoms with van der Waals surface area (Å²) >= 11 is 8.71. The number of hydrogen-bond acceptors (Lipinski definition) is 4. The Hall–Kier alpha value is -0.550. The van der Waals surface area contributed by atoms with Crippen LogP contribution in [0.3, 0.4) is 0 Å². The van der Waals surface area contributed by atoms with E-state index in [9.17, 15) is 0 Å². The molecule has 1 aromatic heterocycles. The van der Waals surface area contributed by atoms with Gasteiger partial charge in [-0.15, -0.1) is 10.2 Å². The SMILES string of the molecule is COc1nnc(Cl)c(N)c1Br. The molecule has 0 saturated carbocycles. The van der Waals surface area contributed by atoms with Crippen LogP contribution in [-0.2, 0) is 0 Å². The van der Waals surface area contributed by atoms with Crippen molar-refractivity contribution in [1.82, 2.24) is 10.2 Å². The lowest BCUT2D eigenvalue weighted by molar-refractivity contribution is 0.389. The molecule has 1 rings (SSSR count). The second-order valence-electron chi connectivity index (χ2n) is 1.73. The van der Waals surface area contributed by atoms with Crippen molar-refractivity contribution in [2.45, 2.75) is 0 Å². The fourth-order valence-corrected chi connectivity index (χ4v) is 1.20. The summed E-state index contributed by atoms with van der Waals surface area (Å²) < 4.78 is 5.35. The highest BCUT2D eigenvalue weighted by Crippen LogP contribution is 2.31. The summed E-state index contributed by atoms with van der Waals surface area (Å²) in [5.74, 6) is 0.326. The molecular formula is C5H5BrClN3O. The van der Waals surface area contributed by atoms with E-state index < -0.39 is 0 Å². The van der Waals surface area contributed by atoms with Crippen LogP contribution in [0.1, 0.15) is 0 Å². The number of methoxy groups -OCH3 is 1. The van der Waals surface area contributed by atoms with Gasteiger partial charge in [-0.2, -0.15) is 0 Å². The van der Waals surface area contributed by atoms with Gasteiger partial charge in [-0.3, -0.25) is 0 Å². The molecule has 0 amide bonds. The van der Waals surface area contributed by atoms with E-state index in [-0.39, 0.29) is 5.15 Å². The summed E-state index contributed by atoms with van der Waals surface area (Å²) in [6, 6.07) is 0. The van der Waals surface area contributed by atoms with Crippen LogP contribution in [0.15, 0.2) is 4.47 Å². The van der Waals surface area contributed by atoms with Crippen molar-refractivity contribution in [2.75, 3.05) is 12.8 Å². The molecule has 0 aliphatic rings. The van der Waals surface area contributed by atoms with E-state index in [1.807, 2.05) is 0 Å². The Bertz CT molecular complexity index is 281. The molecule has 0 aliphatic heterocycles. The average molecular weight is 238 g/mol. The monoisotopic (exact) mass is 237 g/mol. The average Bonchev–Trinajstić information content (AvgIpc) is 2.01. The molecule has 11 heavy (non-hydrogen) atoms. The second-order valence-corrected chi connectivity index (χ2v) is 2.88. The van der Waals surface area contributed by atoms with E-state index in [1.54, 1.807) is 0 Å². The minimum atomic E-state index is 0.165. The Morgan fingerprint density at radius 3 is 2.73 bits per heavy atom. The summed E-state index contributed by atoms with van der Waals surface area (Å²) in [6.45, 7) is 0. The van der Waals surface area contributed by atoms with Crippen molar-refractivity contribution in [3.63, 3.8) is 0 Å². The molecule has 0 radical (unpaired) electrons. The maximum Gasteiger partial charge on any atom is 0.249 e. The first-order valence-electron chi connectivity index (χ1n) is 2.68. The number of ether oxygens (including phenoxy) is 1. The molecule has 4 nitrogen and oxygen atoms in total. The molecule has 0 saturated heterocycles. The molecule has 2 N–H and O–H groups in total. The predicted octanol–water partition coefficient (Wildman–Crippen LogP) is 1.48. The Labute approximate surface area is 76.8 Å². The Morgan fingerprint density at radius 1 is 1.55 bits per heavy atom. The van der Waals surface area contributed by atoms with Crippen LogP contribution in [0.2, 0.25) is 5.15 Å². The van der Waals surface area contributed by atoms with E-state index in [4.69, 9.17) is 22.1 Å². The zero-order chi connectivity index (χ0) is 8.43. The maximum absolute atomic E-state index is 5.56. The van der Waals surface area contributed by atoms with Crippen LogP contribution in [0.4, 0.5) is 5.69 Å². The highest BCUT2D eigenvalue weighted by atomic mass is 79.9. The summed E-state index contributed by atoms with van der Waals surface area (Å²) in [5, 5.41) is 7.34. The summed E-state index contributed by atoms with van der Waals surface area (Å²) in [6.07, 6.45) is 0. The zero-order valence-corrected chi connectivity index (χ0v) is 7.98. The molecule has 0 bridgehead atoms. The first-order chi connectivity index (χ1) is 5.16. The molecular weight excluding hydrogens is 233 g/mol. The molecule has 0 fully saturated rings. The van der Waals surface area contributed by atoms with Gasteiger partial charge in [-0.05, 0) is 15.9 Å². The third-order valence-corrected chi connectivity index (χ3v) is 2.11. The van der Waals surface area contributed by atoms with Crippen LogP contribution >= 0.6 is 27.5 Å². The van der Waals surface area contributed by atoms with E-state index in [0.29, 0.717) is 16.0 Å². The third kappa shape index (κ3) is 1.54. The molecule has 0 aliphatic carbocycles. The van der Waals surface area contributed by atoms with E-state index >= 15 is 0 Å². The fraction of sp³-hybridized carbons (Fsp3) is 0.200. The maximum atomic E-state index is 5.56. The normalized spacial score (nSPS) is 9.73. The zero-order valence-electron chi connectivity index (χ0n) is 5.64. The first-order valence-corrected chi connectivity index (χ1v) is 3.85. The highest BCUT2D eigenvalue weighted by Gasteiger charge is 2.09. The lowest BCUT2D eigenvalue weighted by Crippen LogP contribution is -1.97. The van der Waals surface area contributed by atoms with Crippen molar-refractivity contribution in [1.29, 1.82) is 0 Å². The highest BCUT2D eigenvalue weighted by molar-refractivity contribution is 9.10. The van der Waals surface area contributed by atoms with Crippen molar-refractivity contribution >= 4 is 33.2 Å². The topological polar surface area (TPSA) is 61.0 Å². The van der Waals surface area contributed by atoms with E-state index in [1.165, 1.54) is 7.11 Å². The van der Waals surface area contributed by atoms with Gasteiger partial charge in [-0.1, -0.05) is 11.6 Å². The van der Waals surface area contributed by atoms with Crippen LogP contribution in [0.25, 0.3) is 0 Å². The number of rotatable bonds is 1. The van der Waals surface area contributed by atoms with Gasteiger partial charge in [0.25, 0.3) is 0 Å². The van der Waals surface area contributed by atoms with Crippen molar-refractivity contribution in [3.05, 3.63) is 9.63 Å². The van der Waals surface area contributed by atoms with Crippen LogP contribution in [-0.4, -0.2) is 17.3 Å². The van der Waals surface area contributed by atoms with Gasteiger partial charge < -0.3 is 10.5 Å². The number of aromatic nitrogens is 2. The Morgan fingerprint density at radius 2 is 2.18 bits per heavy atom. The quantitative estimate of drug-likeness (QED) is 0.805. The van der Waals surface area contributed by atoms with Gasteiger partial charge in [0.2, 0.25) is 5.88 Å². The fourth-order valence-electron chi connectivity index (χ4n) is 0.523. The number of nitrogens with zero attached hydrogens (tertiary/aromatic N) is 2. The number of nitrogen functional groups attached to an aromatic ring is 1. The van der Waals surface area contributed by atoms with Crippen molar-refractivity contribution in [2.24, 2.45) is 0 Å². The van der Waals surface area contributed by atoms with Crippen molar-refractivity contribution in [3.8, 4) is 5.88 Å². The van der Waals surface area contributed by atoms with Crippen molar-refractivity contribution < 1.29 is 4.74 Å². The third-order valence-electron chi connectivity index (χ3n) is 1.07. The summed E-state index contributed by atoms with van der Waals surface area (Å²) in [5.41, 5.74) is 5.83. The number of nitrogens with two attached hydrogens (primary N) is 1. The molecule has 1 heterocycles. The van der Waals surface area contributed by atoms with Crippen LogP contribution in [0, 0.1) is 0 Å². The van der Waals surface area contributed by atoms with Crippen LogP contribution < -0.4 is 10.5 Å². The smallest absolute Gasteiger partial charge is 0.249 e. The first kappa shape index (κ1) is 8.55. The molecule has 6 heteroatoms. The number of hydrogen-bond donors (Lipinski definition) is 1. The van der Waals surface area contributed by atoms with Crippen LogP contribution in [0.5, 0.6) is 5.88 Å². The van der Waals surface area contributed by atoms with Gasteiger partial charge in [0, 0.05) is 0 Å². The molecule has 0 aromatic carbocycles. The van der Waals surface area contributed by atoms with E-state index in [2.05, 4.69) is 26.1 Å². The van der Waals surface area contributed by atoms with E-state index in [0.717, 1.165) is 0 Å². The number of anilines is 1. The number of halogens is 2. The molecule has 0 atom stereocenters. The molecule has 1 aromatic rings. The molecule has 0 unspecified atom stereocenters. The van der Waals surface area contributed by atoms with Gasteiger partial charge in [0.1, 0.15) is 4.47 Å². The largest absolute Gasteiger partial charge is 0.479 e.